The molecule has 3 rings (SSSR count). The average Bonchev–Trinajstić information content (AvgIpc) is 3.04. The Morgan fingerprint density at radius 3 is 2.92 bits per heavy atom. The molecule has 0 unspecified atom stereocenters. The van der Waals surface area contributed by atoms with Crippen LogP contribution in [0.2, 0.25) is 0 Å². The molecule has 2 atom stereocenters. The Balaban J connectivity index is 1.63. The van der Waals surface area contributed by atoms with Crippen LogP contribution in [-0.2, 0) is 9.53 Å². The molecule has 2 aliphatic rings. The molecule has 1 saturated heterocycles. The van der Waals surface area contributed by atoms with E-state index in [4.69, 9.17) is 4.74 Å². The second kappa shape index (κ2) is 7.44. The molecule has 24 heavy (non-hydrogen) atoms. The molecule has 132 valence electrons. The second-order valence-corrected chi connectivity index (χ2v) is 6.77. The minimum atomic E-state index is -1.20. The molecule has 0 radical (unpaired) electrons. The number of rotatable bonds is 5. The van der Waals surface area contributed by atoms with E-state index in [1.807, 2.05) is 6.07 Å². The Morgan fingerprint density at radius 2 is 2.25 bits per heavy atom. The van der Waals surface area contributed by atoms with E-state index in [1.165, 1.54) is 6.33 Å². The molecule has 0 spiro atoms. The third-order valence-corrected chi connectivity index (χ3v) is 5.17. The molecule has 0 bridgehead atoms. The summed E-state index contributed by atoms with van der Waals surface area (Å²) in [7, 11) is 1.70. The highest BCUT2D eigenvalue weighted by atomic mass is 16.5. The fourth-order valence-corrected chi connectivity index (χ4v) is 3.71. The molecule has 1 aromatic heterocycles. The first-order valence-electron chi connectivity index (χ1n) is 8.68. The number of aliphatic hydroxyl groups is 1. The van der Waals surface area contributed by atoms with Crippen LogP contribution in [0.25, 0.3) is 0 Å². The first kappa shape index (κ1) is 17.1. The zero-order valence-corrected chi connectivity index (χ0v) is 14.1. The summed E-state index contributed by atoms with van der Waals surface area (Å²) in [5.74, 6) is 0.589. The van der Waals surface area contributed by atoms with Gasteiger partial charge in [0.05, 0.1) is 12.1 Å². The van der Waals surface area contributed by atoms with Crippen molar-refractivity contribution >= 4 is 11.7 Å². The SMILES string of the molecule is CO[C@@H]1C[C@H](CNC(=O)C2(O)CCCCC2)N(c2ccncn2)C1. The monoisotopic (exact) mass is 334 g/mol. The predicted octanol–water partition coefficient (Wildman–Crippen LogP) is 0.882. The number of anilines is 1. The van der Waals surface area contributed by atoms with Crippen LogP contribution in [0.1, 0.15) is 38.5 Å². The van der Waals surface area contributed by atoms with Crippen LogP contribution in [0.3, 0.4) is 0 Å². The van der Waals surface area contributed by atoms with Crippen LogP contribution in [-0.4, -0.2) is 58.9 Å². The number of carbonyl (C=O) groups excluding carboxylic acids is 1. The summed E-state index contributed by atoms with van der Waals surface area (Å²) in [6.45, 7) is 1.21. The van der Waals surface area contributed by atoms with Gasteiger partial charge in [-0.2, -0.15) is 0 Å². The van der Waals surface area contributed by atoms with Crippen molar-refractivity contribution in [1.82, 2.24) is 15.3 Å². The van der Waals surface area contributed by atoms with Gasteiger partial charge in [0.2, 0.25) is 0 Å². The van der Waals surface area contributed by atoms with Crippen molar-refractivity contribution < 1.29 is 14.6 Å². The maximum absolute atomic E-state index is 12.4. The maximum atomic E-state index is 12.4. The molecule has 2 fully saturated rings. The molecular weight excluding hydrogens is 308 g/mol. The highest BCUT2D eigenvalue weighted by Gasteiger charge is 2.38. The van der Waals surface area contributed by atoms with Gasteiger partial charge >= 0.3 is 0 Å². The number of methoxy groups -OCH3 is 1. The molecular formula is C17H26N4O3. The van der Waals surface area contributed by atoms with Crippen molar-refractivity contribution in [3.63, 3.8) is 0 Å². The molecule has 1 saturated carbocycles. The lowest BCUT2D eigenvalue weighted by atomic mass is 9.84. The summed E-state index contributed by atoms with van der Waals surface area (Å²) in [6, 6.07) is 1.96. The van der Waals surface area contributed by atoms with Gasteiger partial charge < -0.3 is 20.1 Å². The topological polar surface area (TPSA) is 87.6 Å². The first-order valence-corrected chi connectivity index (χ1v) is 8.68. The van der Waals surface area contributed by atoms with Crippen molar-refractivity contribution in [2.45, 2.75) is 56.3 Å². The van der Waals surface area contributed by atoms with E-state index in [1.54, 1.807) is 13.3 Å². The summed E-state index contributed by atoms with van der Waals surface area (Å²) in [5.41, 5.74) is -1.20. The number of carbonyl (C=O) groups is 1. The largest absolute Gasteiger partial charge is 0.380 e. The third kappa shape index (κ3) is 3.67. The van der Waals surface area contributed by atoms with Crippen LogP contribution in [0.4, 0.5) is 5.82 Å². The summed E-state index contributed by atoms with van der Waals surface area (Å²) >= 11 is 0. The van der Waals surface area contributed by atoms with Gasteiger partial charge in [-0.3, -0.25) is 4.79 Å². The third-order valence-electron chi connectivity index (χ3n) is 5.17. The lowest BCUT2D eigenvalue weighted by molar-refractivity contribution is -0.143. The predicted molar refractivity (Wildman–Crippen MR) is 89.6 cm³/mol. The number of hydrogen-bond donors (Lipinski definition) is 2. The van der Waals surface area contributed by atoms with Crippen molar-refractivity contribution in [2.24, 2.45) is 0 Å². The van der Waals surface area contributed by atoms with Crippen LogP contribution < -0.4 is 10.2 Å². The van der Waals surface area contributed by atoms with Gasteiger partial charge in [-0.15, -0.1) is 0 Å². The fourth-order valence-electron chi connectivity index (χ4n) is 3.71. The fraction of sp³-hybridized carbons (Fsp3) is 0.706. The minimum absolute atomic E-state index is 0.0981. The molecule has 7 heteroatoms. The Bertz CT molecular complexity index is 548. The quantitative estimate of drug-likeness (QED) is 0.831. The highest BCUT2D eigenvalue weighted by Crippen LogP contribution is 2.29. The zero-order valence-electron chi connectivity index (χ0n) is 14.1. The molecule has 7 nitrogen and oxygen atoms in total. The van der Waals surface area contributed by atoms with Crippen molar-refractivity contribution in [3.8, 4) is 0 Å². The van der Waals surface area contributed by atoms with E-state index in [0.29, 0.717) is 19.4 Å². The number of nitrogens with zero attached hydrogens (tertiary/aromatic N) is 3. The highest BCUT2D eigenvalue weighted by molar-refractivity contribution is 5.85. The second-order valence-electron chi connectivity index (χ2n) is 6.77. The molecule has 1 amide bonds. The van der Waals surface area contributed by atoms with Crippen molar-refractivity contribution in [1.29, 1.82) is 0 Å². The van der Waals surface area contributed by atoms with E-state index < -0.39 is 5.60 Å². The summed E-state index contributed by atoms with van der Waals surface area (Å²) in [4.78, 5) is 22.8. The van der Waals surface area contributed by atoms with Gasteiger partial charge in [0.15, 0.2) is 0 Å². The van der Waals surface area contributed by atoms with Gasteiger partial charge in [-0.1, -0.05) is 19.3 Å². The lowest BCUT2D eigenvalue weighted by Gasteiger charge is -2.32. The van der Waals surface area contributed by atoms with Crippen molar-refractivity contribution in [3.05, 3.63) is 18.6 Å². The number of aromatic nitrogens is 2. The van der Waals surface area contributed by atoms with Crippen LogP contribution in [0.5, 0.6) is 0 Å². The van der Waals surface area contributed by atoms with Crippen LogP contribution in [0.15, 0.2) is 18.6 Å². The Hall–Kier alpha value is -1.73. The molecule has 0 aromatic carbocycles. The van der Waals surface area contributed by atoms with Gasteiger partial charge in [-0.25, -0.2) is 9.97 Å². The Kier molecular flexibility index (Phi) is 5.30. The minimum Gasteiger partial charge on any atom is -0.380 e. The maximum Gasteiger partial charge on any atom is 0.252 e. The summed E-state index contributed by atoms with van der Waals surface area (Å²) in [6.07, 6.45) is 8.19. The normalized spacial score (nSPS) is 26.3. The molecule has 2 heterocycles. The summed E-state index contributed by atoms with van der Waals surface area (Å²) in [5, 5.41) is 13.5. The van der Waals surface area contributed by atoms with E-state index in [2.05, 4.69) is 20.2 Å². The van der Waals surface area contributed by atoms with Gasteiger partial charge in [-0.05, 0) is 25.3 Å². The molecule has 2 N–H and O–H groups in total. The van der Waals surface area contributed by atoms with E-state index in [0.717, 1.165) is 38.0 Å². The molecule has 1 aromatic rings. The number of ether oxygens (including phenoxy) is 1. The summed E-state index contributed by atoms with van der Waals surface area (Å²) < 4.78 is 5.49. The van der Waals surface area contributed by atoms with Crippen molar-refractivity contribution in [2.75, 3.05) is 25.1 Å². The van der Waals surface area contributed by atoms with E-state index in [-0.39, 0.29) is 18.1 Å². The Labute approximate surface area is 142 Å². The number of amides is 1. The molecule has 1 aliphatic carbocycles. The zero-order chi connectivity index (χ0) is 17.0. The lowest BCUT2D eigenvalue weighted by Crippen LogP contribution is -2.51. The van der Waals surface area contributed by atoms with Gasteiger partial charge in [0.25, 0.3) is 5.91 Å². The smallest absolute Gasteiger partial charge is 0.252 e. The average molecular weight is 334 g/mol. The van der Waals surface area contributed by atoms with Crippen LogP contribution in [0, 0.1) is 0 Å². The van der Waals surface area contributed by atoms with E-state index >= 15 is 0 Å². The van der Waals surface area contributed by atoms with Gasteiger partial charge in [0.1, 0.15) is 17.7 Å². The number of hydrogen-bond acceptors (Lipinski definition) is 6. The van der Waals surface area contributed by atoms with Gasteiger partial charge in [0, 0.05) is 26.4 Å². The van der Waals surface area contributed by atoms with E-state index in [9.17, 15) is 9.90 Å². The molecule has 1 aliphatic heterocycles. The Morgan fingerprint density at radius 1 is 1.46 bits per heavy atom. The standard InChI is InChI=1S/C17H26N4O3/c1-24-14-9-13(21(11-14)15-5-8-18-12-20-15)10-19-16(22)17(23)6-3-2-4-7-17/h5,8,12-14,23H,2-4,6-7,9-11H2,1H3,(H,19,22)/t13-,14-/m1/s1. The van der Waals surface area contributed by atoms with Crippen LogP contribution >= 0.6 is 0 Å². The number of nitrogens with one attached hydrogen (secondary N) is 1. The first-order chi connectivity index (χ1) is 11.6.